The van der Waals surface area contributed by atoms with E-state index in [1.165, 1.54) is 6.21 Å². The molecule has 0 aliphatic heterocycles. The fourth-order valence-corrected chi connectivity index (χ4v) is 0.716. The molecular formula is C7H8N2O. The molecule has 0 spiro atoms. The van der Waals surface area contributed by atoms with Crippen molar-refractivity contribution in [2.24, 2.45) is 5.16 Å². The summed E-state index contributed by atoms with van der Waals surface area (Å²) in [7, 11) is 0. The summed E-state index contributed by atoms with van der Waals surface area (Å²) in [6, 6.07) is 1.88. The highest BCUT2D eigenvalue weighted by Gasteiger charge is 1.87. The summed E-state index contributed by atoms with van der Waals surface area (Å²) in [5, 5.41) is 11.0. The molecular weight excluding hydrogens is 128 g/mol. The van der Waals surface area contributed by atoms with Crippen LogP contribution < -0.4 is 0 Å². The number of hydrogen-bond acceptors (Lipinski definition) is 3. The third-order valence-electron chi connectivity index (χ3n) is 1.10. The van der Waals surface area contributed by atoms with Gasteiger partial charge in [-0.15, -0.1) is 0 Å². The van der Waals surface area contributed by atoms with Crippen molar-refractivity contribution in [3.63, 3.8) is 0 Å². The highest BCUT2D eigenvalue weighted by molar-refractivity contribution is 5.78. The monoisotopic (exact) mass is 136 g/mol. The average molecular weight is 136 g/mol. The Morgan fingerprint density at radius 3 is 3.00 bits per heavy atom. The Hall–Kier alpha value is -1.38. The van der Waals surface area contributed by atoms with Crippen LogP contribution in [0.1, 0.15) is 11.1 Å². The minimum absolute atomic E-state index is 0.808. The van der Waals surface area contributed by atoms with Crippen molar-refractivity contribution in [1.82, 2.24) is 4.98 Å². The van der Waals surface area contributed by atoms with Crippen LogP contribution >= 0.6 is 0 Å². The zero-order chi connectivity index (χ0) is 7.40. The van der Waals surface area contributed by atoms with Crippen molar-refractivity contribution < 1.29 is 5.21 Å². The molecule has 0 aliphatic carbocycles. The van der Waals surface area contributed by atoms with Gasteiger partial charge in [0.2, 0.25) is 0 Å². The molecule has 0 saturated carbocycles. The summed E-state index contributed by atoms with van der Waals surface area (Å²) in [5.74, 6) is 0. The average Bonchev–Trinajstić information content (AvgIpc) is 1.88. The Labute approximate surface area is 59.0 Å². The van der Waals surface area contributed by atoms with Crippen LogP contribution in [0.5, 0.6) is 0 Å². The van der Waals surface area contributed by atoms with E-state index in [-0.39, 0.29) is 0 Å². The van der Waals surface area contributed by atoms with Crippen LogP contribution in [0.3, 0.4) is 0 Å². The lowest BCUT2D eigenvalue weighted by atomic mass is 10.2. The highest BCUT2D eigenvalue weighted by Crippen LogP contribution is 1.96. The molecule has 0 aliphatic rings. The maximum absolute atomic E-state index is 8.15. The van der Waals surface area contributed by atoms with Crippen LogP contribution in [0.4, 0.5) is 0 Å². The van der Waals surface area contributed by atoms with Gasteiger partial charge in [0.1, 0.15) is 0 Å². The van der Waals surface area contributed by atoms with E-state index in [1.54, 1.807) is 12.4 Å². The van der Waals surface area contributed by atoms with E-state index in [9.17, 15) is 0 Å². The number of aryl methyl sites for hydroxylation is 1. The predicted octanol–water partition coefficient (Wildman–Crippen LogP) is 1.20. The molecule has 1 N–H and O–H groups in total. The standard InChI is InChI=1S/C7H8N2O/c1-6-2-7(5-9-10)4-8-3-6/h2-5,10H,1H3/b9-5-. The minimum Gasteiger partial charge on any atom is -0.411 e. The molecule has 10 heavy (non-hydrogen) atoms. The van der Waals surface area contributed by atoms with Crippen LogP contribution in [0.25, 0.3) is 0 Å². The Morgan fingerprint density at radius 1 is 1.60 bits per heavy atom. The van der Waals surface area contributed by atoms with Crippen LogP contribution in [0.15, 0.2) is 23.6 Å². The summed E-state index contributed by atoms with van der Waals surface area (Å²) in [6.45, 7) is 1.93. The van der Waals surface area contributed by atoms with Gasteiger partial charge in [0, 0.05) is 18.0 Å². The van der Waals surface area contributed by atoms with Gasteiger partial charge in [0.15, 0.2) is 0 Å². The Bertz CT molecular complexity index is 245. The Morgan fingerprint density at radius 2 is 2.40 bits per heavy atom. The minimum atomic E-state index is 0.808. The predicted molar refractivity (Wildman–Crippen MR) is 38.4 cm³/mol. The fraction of sp³-hybridized carbons (Fsp3) is 0.143. The summed E-state index contributed by atoms with van der Waals surface area (Å²) in [6.07, 6.45) is 4.72. The molecule has 1 aromatic rings. The number of aromatic nitrogens is 1. The quantitative estimate of drug-likeness (QED) is 0.358. The molecule has 0 unspecified atom stereocenters. The first-order chi connectivity index (χ1) is 4.83. The first-order valence-electron chi connectivity index (χ1n) is 2.92. The molecule has 0 fully saturated rings. The zero-order valence-corrected chi connectivity index (χ0v) is 5.65. The molecule has 52 valence electrons. The molecule has 1 rings (SSSR count). The fourth-order valence-electron chi connectivity index (χ4n) is 0.716. The maximum Gasteiger partial charge on any atom is 0.0749 e. The molecule has 0 amide bonds. The second kappa shape index (κ2) is 2.96. The van der Waals surface area contributed by atoms with Gasteiger partial charge in [-0.25, -0.2) is 0 Å². The van der Waals surface area contributed by atoms with Gasteiger partial charge in [-0.3, -0.25) is 4.98 Å². The van der Waals surface area contributed by atoms with Crippen molar-refractivity contribution in [3.8, 4) is 0 Å². The number of hydrogen-bond donors (Lipinski definition) is 1. The first kappa shape index (κ1) is 6.74. The van der Waals surface area contributed by atoms with Gasteiger partial charge >= 0.3 is 0 Å². The molecule has 1 aromatic heterocycles. The lowest BCUT2D eigenvalue weighted by molar-refractivity contribution is 0.322. The second-order valence-corrected chi connectivity index (χ2v) is 2.04. The summed E-state index contributed by atoms with van der Waals surface area (Å²) in [5.41, 5.74) is 1.86. The lowest BCUT2D eigenvalue weighted by Gasteiger charge is -1.91. The van der Waals surface area contributed by atoms with Crippen LogP contribution in [0, 0.1) is 6.92 Å². The van der Waals surface area contributed by atoms with Gasteiger partial charge in [-0.2, -0.15) is 0 Å². The van der Waals surface area contributed by atoms with Gasteiger partial charge in [-0.05, 0) is 18.6 Å². The van der Waals surface area contributed by atoms with E-state index in [0.717, 1.165) is 11.1 Å². The van der Waals surface area contributed by atoms with E-state index in [1.807, 2.05) is 13.0 Å². The molecule has 0 saturated heterocycles. The Balaban J connectivity index is 2.95. The second-order valence-electron chi connectivity index (χ2n) is 2.04. The molecule has 0 atom stereocenters. The largest absolute Gasteiger partial charge is 0.411 e. The van der Waals surface area contributed by atoms with Crippen molar-refractivity contribution in [3.05, 3.63) is 29.6 Å². The van der Waals surface area contributed by atoms with Crippen molar-refractivity contribution in [2.45, 2.75) is 6.92 Å². The maximum atomic E-state index is 8.15. The van der Waals surface area contributed by atoms with E-state index >= 15 is 0 Å². The number of rotatable bonds is 1. The summed E-state index contributed by atoms with van der Waals surface area (Å²) in [4.78, 5) is 3.90. The molecule has 0 bridgehead atoms. The normalized spacial score (nSPS) is 10.5. The summed E-state index contributed by atoms with van der Waals surface area (Å²) < 4.78 is 0. The van der Waals surface area contributed by atoms with Gasteiger partial charge in [0.25, 0.3) is 0 Å². The van der Waals surface area contributed by atoms with Crippen LogP contribution in [-0.2, 0) is 0 Å². The Kier molecular flexibility index (Phi) is 1.99. The van der Waals surface area contributed by atoms with E-state index < -0.39 is 0 Å². The summed E-state index contributed by atoms with van der Waals surface area (Å²) >= 11 is 0. The molecule has 0 aromatic carbocycles. The van der Waals surface area contributed by atoms with Gasteiger partial charge in [-0.1, -0.05) is 5.16 Å². The number of nitrogens with zero attached hydrogens (tertiary/aromatic N) is 2. The molecule has 1 heterocycles. The highest BCUT2D eigenvalue weighted by atomic mass is 16.4. The third-order valence-corrected chi connectivity index (χ3v) is 1.10. The van der Waals surface area contributed by atoms with E-state index in [0.29, 0.717) is 0 Å². The number of pyridine rings is 1. The van der Waals surface area contributed by atoms with E-state index in [4.69, 9.17) is 5.21 Å². The van der Waals surface area contributed by atoms with Crippen molar-refractivity contribution >= 4 is 6.21 Å². The topological polar surface area (TPSA) is 45.5 Å². The zero-order valence-electron chi connectivity index (χ0n) is 5.65. The molecule has 0 radical (unpaired) electrons. The molecule has 3 heteroatoms. The van der Waals surface area contributed by atoms with E-state index in [2.05, 4.69) is 10.1 Å². The van der Waals surface area contributed by atoms with Crippen LogP contribution in [0.2, 0.25) is 0 Å². The SMILES string of the molecule is Cc1cncc(/C=N\O)c1. The first-order valence-corrected chi connectivity index (χ1v) is 2.92. The third kappa shape index (κ3) is 1.55. The van der Waals surface area contributed by atoms with Crippen LogP contribution in [-0.4, -0.2) is 16.4 Å². The van der Waals surface area contributed by atoms with Crippen molar-refractivity contribution in [1.29, 1.82) is 0 Å². The smallest absolute Gasteiger partial charge is 0.0749 e. The van der Waals surface area contributed by atoms with Crippen molar-refractivity contribution in [2.75, 3.05) is 0 Å². The van der Waals surface area contributed by atoms with Gasteiger partial charge in [0.05, 0.1) is 6.21 Å². The van der Waals surface area contributed by atoms with Gasteiger partial charge < -0.3 is 5.21 Å². The lowest BCUT2D eigenvalue weighted by Crippen LogP contribution is -1.84. The molecule has 3 nitrogen and oxygen atoms in total. The number of oxime groups is 1.